The monoisotopic (exact) mass is 264 g/mol. The number of Topliss-reactive ketones (excluding diaryl/α,β-unsaturated/α-hetero) is 1. The minimum atomic E-state index is -0.648. The van der Waals surface area contributed by atoms with Crippen LogP contribution in [0.2, 0.25) is 0 Å². The van der Waals surface area contributed by atoms with Crippen LogP contribution in [0.4, 0.5) is 0 Å². The van der Waals surface area contributed by atoms with Crippen molar-refractivity contribution in [3.63, 3.8) is 0 Å². The maximum atomic E-state index is 12.9. The minimum absolute atomic E-state index is 0.0627. The van der Waals surface area contributed by atoms with E-state index in [1.54, 1.807) is 6.20 Å². The van der Waals surface area contributed by atoms with Gasteiger partial charge in [-0.25, -0.2) is 4.98 Å². The minimum Gasteiger partial charge on any atom is -0.367 e. The van der Waals surface area contributed by atoms with E-state index in [0.29, 0.717) is 18.3 Å². The molecule has 0 amide bonds. The van der Waals surface area contributed by atoms with Gasteiger partial charge in [-0.1, -0.05) is 13.3 Å². The molecule has 2 atom stereocenters. The summed E-state index contributed by atoms with van der Waals surface area (Å²) >= 11 is 0. The number of hydrogen-bond donors (Lipinski definition) is 0. The van der Waals surface area contributed by atoms with Crippen molar-refractivity contribution in [3.05, 3.63) is 18.2 Å². The number of hydrogen-bond acceptors (Lipinski definition) is 3. The highest BCUT2D eigenvalue weighted by molar-refractivity contribution is 5.99. The highest BCUT2D eigenvalue weighted by Crippen LogP contribution is 2.37. The molecule has 4 heteroatoms. The summed E-state index contributed by atoms with van der Waals surface area (Å²) in [7, 11) is 0. The van der Waals surface area contributed by atoms with Gasteiger partial charge in [0.1, 0.15) is 5.60 Å². The second-order valence-corrected chi connectivity index (χ2v) is 5.49. The maximum absolute atomic E-state index is 12.9. The zero-order valence-corrected chi connectivity index (χ0v) is 12.2. The molecule has 1 aromatic rings. The summed E-state index contributed by atoms with van der Waals surface area (Å²) in [5.41, 5.74) is -0.648. The fraction of sp³-hybridized carbons (Fsp3) is 0.733. The highest BCUT2D eigenvalue weighted by atomic mass is 16.5. The van der Waals surface area contributed by atoms with Crippen molar-refractivity contribution in [2.75, 3.05) is 6.61 Å². The summed E-state index contributed by atoms with van der Waals surface area (Å²) < 4.78 is 7.83. The first-order valence-corrected chi connectivity index (χ1v) is 7.33. The molecule has 0 bridgehead atoms. The lowest BCUT2D eigenvalue weighted by Crippen LogP contribution is -2.46. The van der Waals surface area contributed by atoms with Crippen LogP contribution in [-0.4, -0.2) is 27.5 Å². The first-order chi connectivity index (χ1) is 9.13. The molecule has 0 N–H and O–H groups in total. The molecule has 1 saturated carbocycles. The van der Waals surface area contributed by atoms with Crippen molar-refractivity contribution >= 4 is 5.78 Å². The van der Waals surface area contributed by atoms with Gasteiger partial charge in [-0.15, -0.1) is 0 Å². The number of ether oxygens (including phenoxy) is 1. The average molecular weight is 264 g/mol. The standard InChI is InChI=1S/C15H24N2O2/c1-4-17-10-9-16-14(17)13(18)15(19-5-2)8-6-7-12(3)11-15/h9-10,12H,4-8,11H2,1-3H3. The van der Waals surface area contributed by atoms with E-state index in [0.717, 1.165) is 25.8 Å². The van der Waals surface area contributed by atoms with Crippen molar-refractivity contribution in [3.8, 4) is 0 Å². The fourth-order valence-corrected chi connectivity index (χ4v) is 3.16. The summed E-state index contributed by atoms with van der Waals surface area (Å²) in [5.74, 6) is 1.15. The molecule has 1 fully saturated rings. The van der Waals surface area contributed by atoms with Crippen LogP contribution in [0.3, 0.4) is 0 Å². The lowest BCUT2D eigenvalue weighted by molar-refractivity contribution is -0.0519. The third-order valence-electron chi connectivity index (χ3n) is 4.05. The Morgan fingerprint density at radius 1 is 1.58 bits per heavy atom. The molecule has 0 aliphatic heterocycles. The molecule has 0 aromatic carbocycles. The highest BCUT2D eigenvalue weighted by Gasteiger charge is 2.44. The molecule has 0 spiro atoms. The molecule has 106 valence electrons. The van der Waals surface area contributed by atoms with Gasteiger partial charge in [0, 0.05) is 25.5 Å². The smallest absolute Gasteiger partial charge is 0.229 e. The Kier molecular flexibility index (Phi) is 4.40. The molecular weight excluding hydrogens is 240 g/mol. The Bertz CT molecular complexity index is 437. The van der Waals surface area contributed by atoms with E-state index in [-0.39, 0.29) is 5.78 Å². The van der Waals surface area contributed by atoms with Crippen molar-refractivity contribution in [1.29, 1.82) is 0 Å². The van der Waals surface area contributed by atoms with E-state index in [1.165, 1.54) is 6.42 Å². The third-order valence-corrected chi connectivity index (χ3v) is 4.05. The summed E-state index contributed by atoms with van der Waals surface area (Å²) in [5, 5.41) is 0. The number of aromatic nitrogens is 2. The van der Waals surface area contributed by atoms with E-state index in [1.807, 2.05) is 24.6 Å². The number of carbonyl (C=O) groups excluding carboxylic acids is 1. The number of aryl methyl sites for hydroxylation is 1. The number of ketones is 1. The van der Waals surface area contributed by atoms with Gasteiger partial charge in [0.2, 0.25) is 5.78 Å². The summed E-state index contributed by atoms with van der Waals surface area (Å²) in [6, 6.07) is 0. The van der Waals surface area contributed by atoms with Crippen molar-refractivity contribution in [1.82, 2.24) is 9.55 Å². The van der Waals surface area contributed by atoms with Gasteiger partial charge >= 0.3 is 0 Å². The molecule has 2 rings (SSSR count). The normalized spacial score (nSPS) is 27.4. The van der Waals surface area contributed by atoms with Crippen LogP contribution in [0.25, 0.3) is 0 Å². The Balaban J connectivity index is 2.30. The number of carbonyl (C=O) groups is 1. The Morgan fingerprint density at radius 2 is 2.37 bits per heavy atom. The molecule has 0 radical (unpaired) electrons. The second kappa shape index (κ2) is 5.87. The van der Waals surface area contributed by atoms with E-state index in [9.17, 15) is 4.79 Å². The molecular formula is C15H24N2O2. The van der Waals surface area contributed by atoms with Gasteiger partial charge in [-0.3, -0.25) is 4.79 Å². The second-order valence-electron chi connectivity index (χ2n) is 5.49. The molecule has 0 saturated heterocycles. The fourth-order valence-electron chi connectivity index (χ4n) is 3.16. The van der Waals surface area contributed by atoms with Gasteiger partial charge < -0.3 is 9.30 Å². The van der Waals surface area contributed by atoms with Crippen molar-refractivity contribution < 1.29 is 9.53 Å². The zero-order chi connectivity index (χ0) is 13.9. The topological polar surface area (TPSA) is 44.1 Å². The Hall–Kier alpha value is -1.16. The largest absolute Gasteiger partial charge is 0.367 e. The molecule has 1 aromatic heterocycles. The number of imidazole rings is 1. The SMILES string of the molecule is CCOC1(C(=O)c2nccn2CC)CCCC(C)C1. The molecule has 19 heavy (non-hydrogen) atoms. The first kappa shape index (κ1) is 14.3. The van der Waals surface area contributed by atoms with E-state index >= 15 is 0 Å². The molecule has 1 heterocycles. The van der Waals surface area contributed by atoms with Crippen LogP contribution in [-0.2, 0) is 11.3 Å². The van der Waals surface area contributed by atoms with Crippen molar-refractivity contribution in [2.45, 2.75) is 58.6 Å². The lowest BCUT2D eigenvalue weighted by Gasteiger charge is -2.38. The predicted octanol–water partition coefficient (Wildman–Crippen LogP) is 3.07. The number of nitrogens with zero attached hydrogens (tertiary/aromatic N) is 2. The van der Waals surface area contributed by atoms with Gasteiger partial charge in [0.15, 0.2) is 5.82 Å². The van der Waals surface area contributed by atoms with Crippen LogP contribution in [0.1, 0.15) is 57.1 Å². The van der Waals surface area contributed by atoms with Crippen LogP contribution < -0.4 is 0 Å². The predicted molar refractivity (Wildman–Crippen MR) is 74.2 cm³/mol. The van der Waals surface area contributed by atoms with Crippen LogP contribution in [0, 0.1) is 5.92 Å². The molecule has 1 aliphatic rings. The Morgan fingerprint density at radius 3 is 3.00 bits per heavy atom. The summed E-state index contributed by atoms with van der Waals surface area (Å²) in [6.07, 6.45) is 7.43. The molecule has 4 nitrogen and oxygen atoms in total. The third kappa shape index (κ3) is 2.73. The van der Waals surface area contributed by atoms with E-state index in [2.05, 4.69) is 11.9 Å². The average Bonchev–Trinajstić information content (AvgIpc) is 2.86. The van der Waals surface area contributed by atoms with Gasteiger partial charge in [0.05, 0.1) is 0 Å². The van der Waals surface area contributed by atoms with Crippen LogP contribution >= 0.6 is 0 Å². The molecule has 1 aliphatic carbocycles. The lowest BCUT2D eigenvalue weighted by atomic mass is 9.76. The van der Waals surface area contributed by atoms with Crippen LogP contribution in [0.5, 0.6) is 0 Å². The molecule has 2 unspecified atom stereocenters. The van der Waals surface area contributed by atoms with Gasteiger partial charge in [-0.2, -0.15) is 0 Å². The quantitative estimate of drug-likeness (QED) is 0.768. The van der Waals surface area contributed by atoms with Gasteiger partial charge in [0.25, 0.3) is 0 Å². The van der Waals surface area contributed by atoms with Crippen LogP contribution in [0.15, 0.2) is 12.4 Å². The summed E-state index contributed by atoms with van der Waals surface area (Å²) in [4.78, 5) is 17.1. The van der Waals surface area contributed by atoms with E-state index in [4.69, 9.17) is 4.74 Å². The van der Waals surface area contributed by atoms with E-state index < -0.39 is 5.60 Å². The van der Waals surface area contributed by atoms with Crippen molar-refractivity contribution in [2.24, 2.45) is 5.92 Å². The maximum Gasteiger partial charge on any atom is 0.229 e. The van der Waals surface area contributed by atoms with Gasteiger partial charge in [-0.05, 0) is 39.0 Å². The first-order valence-electron chi connectivity index (χ1n) is 7.33. The number of rotatable bonds is 5. The zero-order valence-electron chi connectivity index (χ0n) is 12.2. The summed E-state index contributed by atoms with van der Waals surface area (Å²) in [6.45, 7) is 7.52. The Labute approximate surface area is 115 Å².